The predicted octanol–water partition coefficient (Wildman–Crippen LogP) is 8.19. The second-order valence-electron chi connectivity index (χ2n) is 15.1. The average Bonchev–Trinajstić information content (AvgIpc) is 3.07. The normalized spacial score (nSPS) is 12.9. The van der Waals surface area contributed by atoms with Crippen molar-refractivity contribution in [3.05, 3.63) is 87.3 Å². The first kappa shape index (κ1) is 48.2. The first-order valence-electron chi connectivity index (χ1n) is 16.0. The summed E-state index contributed by atoms with van der Waals surface area (Å²) in [4.78, 5) is 11.5. The van der Waals surface area contributed by atoms with Gasteiger partial charge in [0, 0.05) is 0 Å². The molecule has 0 saturated carbocycles. The van der Waals surface area contributed by atoms with E-state index in [0.717, 1.165) is 0 Å². The lowest BCUT2D eigenvalue weighted by Crippen LogP contribution is -2.73. The van der Waals surface area contributed by atoms with Gasteiger partial charge < -0.3 is 9.76 Å². The minimum absolute atomic E-state index is 0.0511. The lowest BCUT2D eigenvalue weighted by Gasteiger charge is -2.52. The van der Waals surface area contributed by atoms with Crippen LogP contribution in [0.4, 0.5) is 65.9 Å². The molecule has 0 aromatic heterocycles. The van der Waals surface area contributed by atoms with E-state index in [4.69, 9.17) is 4.74 Å². The fourth-order valence-electron chi connectivity index (χ4n) is 7.22. The summed E-state index contributed by atoms with van der Waals surface area (Å²) in [7, 11) is -1.78. The number of nitrogens with one attached hydrogen (secondary N) is 1. The van der Waals surface area contributed by atoms with Gasteiger partial charge in [0.25, 0.3) is 0 Å². The van der Waals surface area contributed by atoms with Crippen LogP contribution in [0.15, 0.2) is 5.10 Å². The smallest absolute Gasteiger partial charge is 0.351 e. The van der Waals surface area contributed by atoms with Crippen molar-refractivity contribution in [2.45, 2.75) is 84.7 Å². The molecule has 0 bridgehead atoms. The number of hydrogen-bond acceptors (Lipinski definition) is 5. The quantitative estimate of drug-likeness (QED) is 0.0368. The van der Waals surface area contributed by atoms with Crippen molar-refractivity contribution < 1.29 is 80.4 Å². The van der Waals surface area contributed by atoms with Crippen LogP contribution in [0.25, 0.3) is 0 Å². The van der Waals surface area contributed by atoms with E-state index in [9.17, 15) is 75.7 Å². The molecular formula is C34H35BF15N2O3P. The van der Waals surface area contributed by atoms with Crippen LogP contribution in [0.5, 0.6) is 0 Å². The molecule has 0 radical (unpaired) electrons. The number of hydrazone groups is 1. The van der Waals surface area contributed by atoms with Gasteiger partial charge in [-0.15, -0.1) is 5.10 Å². The van der Waals surface area contributed by atoms with E-state index in [1.165, 1.54) is 6.21 Å². The fraction of sp³-hybridized carbons (Fsp3) is 0.412. The highest BCUT2D eigenvalue weighted by Gasteiger charge is 2.66. The van der Waals surface area contributed by atoms with Crippen LogP contribution in [-0.2, 0) is 9.53 Å². The number of ether oxygens (including phenoxy) is 1. The van der Waals surface area contributed by atoms with Gasteiger partial charge in [-0.05, 0) is 69.2 Å². The maximum Gasteiger partial charge on any atom is 0.351 e. The number of hydrogen-bond donors (Lipinski definition) is 2. The third kappa shape index (κ3) is 7.94. The molecule has 0 aliphatic rings. The number of benzene rings is 3. The van der Waals surface area contributed by atoms with Gasteiger partial charge in [0.1, 0.15) is 48.5 Å². The van der Waals surface area contributed by atoms with Gasteiger partial charge >= 0.3 is 5.97 Å². The Hall–Kier alpha value is -4.00. The van der Waals surface area contributed by atoms with Crippen molar-refractivity contribution in [1.82, 2.24) is 5.20 Å². The van der Waals surface area contributed by atoms with Crippen molar-refractivity contribution in [2.75, 3.05) is 6.61 Å². The van der Waals surface area contributed by atoms with Gasteiger partial charge in [-0.25, -0.2) is 70.7 Å². The number of esters is 1. The van der Waals surface area contributed by atoms with E-state index in [0.29, 0.717) is 6.61 Å². The largest absolute Gasteiger partial charge is 0.594 e. The molecule has 0 unspecified atom stereocenters. The fourth-order valence-corrected chi connectivity index (χ4v) is 14.4. The lowest BCUT2D eigenvalue weighted by atomic mass is 9.28. The van der Waals surface area contributed by atoms with Crippen molar-refractivity contribution in [3.63, 3.8) is 0 Å². The highest BCUT2D eigenvalue weighted by molar-refractivity contribution is 7.78. The van der Waals surface area contributed by atoms with Gasteiger partial charge in [-0.3, -0.25) is 0 Å². The summed E-state index contributed by atoms with van der Waals surface area (Å²) in [5, 5.41) is 18.6. The Bertz CT molecular complexity index is 1770. The number of rotatable bonds is 7. The van der Waals surface area contributed by atoms with Crippen molar-refractivity contribution in [2.24, 2.45) is 5.10 Å². The molecule has 5 nitrogen and oxygen atoms in total. The molecule has 0 aliphatic heterocycles. The molecule has 0 saturated heterocycles. The second kappa shape index (κ2) is 16.5. The van der Waals surface area contributed by atoms with Crippen LogP contribution in [0.2, 0.25) is 0 Å². The second-order valence-corrected chi connectivity index (χ2v) is 20.6. The van der Waals surface area contributed by atoms with E-state index in [-0.39, 0.29) is 15.5 Å². The van der Waals surface area contributed by atoms with E-state index < -0.39 is 123 Å². The van der Waals surface area contributed by atoms with Crippen LogP contribution in [0.3, 0.4) is 0 Å². The summed E-state index contributed by atoms with van der Waals surface area (Å²) in [6.07, 6.45) is -5.16. The van der Waals surface area contributed by atoms with Crippen LogP contribution < -0.4 is 21.6 Å². The summed E-state index contributed by atoms with van der Waals surface area (Å²) < 4.78 is 215. The zero-order valence-electron chi connectivity index (χ0n) is 31.2. The maximum atomic E-state index is 14.5. The van der Waals surface area contributed by atoms with Crippen molar-refractivity contribution in [1.29, 1.82) is 0 Å². The number of carbonyl (C=O) groups excluding carboxylic acids is 1. The molecule has 0 heterocycles. The highest BCUT2D eigenvalue weighted by Crippen LogP contribution is 2.80. The van der Waals surface area contributed by atoms with Gasteiger partial charge in [0.05, 0.1) is 22.1 Å². The molecule has 56 heavy (non-hydrogen) atoms. The van der Waals surface area contributed by atoms with E-state index in [1.807, 2.05) is 0 Å². The van der Waals surface area contributed by atoms with Gasteiger partial charge in [-0.2, -0.15) is 5.20 Å². The number of nitrogens with zero attached hydrogens (tertiary/aromatic N) is 1. The summed E-state index contributed by atoms with van der Waals surface area (Å²) in [5.74, 6) is -48.3. The Kier molecular flexibility index (Phi) is 14.2. The SMILES string of the molecule is CCOC(=O)/C=N/N[P+](C(C)(C)C)(C(C)(C)C)C(C)(C)C.O[B-](c1c(F)c(F)c(F)c(F)c1F)(c1c(F)c(F)c(F)c(F)c1F)c1c(F)c(F)c(F)c(F)c1F. The molecule has 3 rings (SSSR count). The molecule has 2 N–H and O–H groups in total. The molecule has 3 aromatic carbocycles. The number of carbonyl (C=O) groups is 1. The molecule has 0 fully saturated rings. The van der Waals surface area contributed by atoms with Gasteiger partial charge in [0.15, 0.2) is 52.4 Å². The van der Waals surface area contributed by atoms with Crippen LogP contribution in [-0.4, -0.2) is 45.6 Å². The van der Waals surface area contributed by atoms with Gasteiger partial charge in [-0.1, -0.05) is 16.4 Å². The van der Waals surface area contributed by atoms with Crippen LogP contribution in [0.1, 0.15) is 69.2 Å². The summed E-state index contributed by atoms with van der Waals surface area (Å²) in [6.45, 7) is 22.4. The Balaban J connectivity index is 0.000000443. The van der Waals surface area contributed by atoms with Crippen molar-refractivity contribution in [3.8, 4) is 0 Å². The minimum atomic E-state index is -6.41. The summed E-state index contributed by atoms with van der Waals surface area (Å²) in [6, 6.07) is 0. The van der Waals surface area contributed by atoms with E-state index in [1.54, 1.807) is 6.92 Å². The Morgan fingerprint density at radius 3 is 0.946 bits per heavy atom. The standard InChI is InChI=1S/C18HBF15O.C16H33N2O2P/c20-4-1(5(21)11(27)16(32)10(4)26)19(35,2-6(22)12(28)17(33)13(29)7(2)23)3-8(24)14(30)18(34)15(31)9(3)25;1-11-20-13(19)12-17-18-21(14(2,3)4,15(5,6)7)16(8,9)10/h35H;12H,11H2,1-10H3/q-1;/p+1. The third-order valence-electron chi connectivity index (χ3n) is 8.67. The number of halogens is 15. The molecule has 312 valence electrons. The lowest BCUT2D eigenvalue weighted by molar-refractivity contribution is -0.134. The molecular weight excluding hydrogens is 811 g/mol. The first-order chi connectivity index (χ1) is 25.2. The minimum Gasteiger partial charge on any atom is -0.594 e. The zero-order chi connectivity index (χ0) is 44.0. The van der Waals surface area contributed by atoms with E-state index >= 15 is 0 Å². The predicted molar refractivity (Wildman–Crippen MR) is 180 cm³/mol. The Morgan fingerprint density at radius 2 is 0.750 bits per heavy atom. The van der Waals surface area contributed by atoms with E-state index in [2.05, 4.69) is 72.6 Å². The van der Waals surface area contributed by atoms with Crippen LogP contribution >= 0.6 is 7.41 Å². The summed E-state index contributed by atoms with van der Waals surface area (Å²) in [5.41, 5.74) is -9.23. The first-order valence-corrected chi connectivity index (χ1v) is 17.8. The molecule has 3 aromatic rings. The summed E-state index contributed by atoms with van der Waals surface area (Å²) >= 11 is 0. The van der Waals surface area contributed by atoms with Gasteiger partial charge in [0.2, 0.25) is 6.35 Å². The highest BCUT2D eigenvalue weighted by atomic mass is 31.2. The van der Waals surface area contributed by atoms with Crippen LogP contribution in [0, 0.1) is 87.3 Å². The molecule has 0 spiro atoms. The third-order valence-corrected chi connectivity index (χ3v) is 15.1. The maximum absolute atomic E-state index is 14.5. The Morgan fingerprint density at radius 1 is 0.536 bits per heavy atom. The molecule has 0 amide bonds. The molecule has 22 heteroatoms. The molecule has 0 aliphatic carbocycles. The monoisotopic (exact) mass is 846 g/mol. The van der Waals surface area contributed by atoms with Crippen molar-refractivity contribution >= 4 is 42.3 Å². The topological polar surface area (TPSA) is 70.9 Å². The average molecular weight is 846 g/mol. The Labute approximate surface area is 311 Å². The zero-order valence-corrected chi connectivity index (χ0v) is 32.1. The molecule has 0 atom stereocenters.